The molecule has 5 nitrogen and oxygen atoms in total. The van der Waals surface area contributed by atoms with Crippen LogP contribution < -0.4 is 5.32 Å². The molecule has 1 heterocycles. The van der Waals surface area contributed by atoms with Crippen molar-refractivity contribution in [3.05, 3.63) is 18.2 Å². The van der Waals surface area contributed by atoms with E-state index in [0.717, 1.165) is 5.82 Å². The Balaban J connectivity index is 2.39. The number of aryl methyl sites for hydroxylation is 1. The molecule has 0 fully saturated rings. The second kappa shape index (κ2) is 6.04. The van der Waals surface area contributed by atoms with E-state index in [0.29, 0.717) is 13.0 Å². The fraction of sp³-hybridized carbons (Fsp3) is 0.583. The standard InChI is InChI=1S/C12H18N4O/c1-9(2)10(8-13)12(17)15-5-4-11-14-6-7-16(11)3/h6-7,9-10H,4-5H2,1-3H3,(H,15,17). The van der Waals surface area contributed by atoms with Crippen molar-refractivity contribution in [1.82, 2.24) is 14.9 Å². The number of imidazole rings is 1. The smallest absolute Gasteiger partial charge is 0.237 e. The lowest BCUT2D eigenvalue weighted by Crippen LogP contribution is -2.34. The van der Waals surface area contributed by atoms with E-state index in [2.05, 4.69) is 10.3 Å². The van der Waals surface area contributed by atoms with Crippen LogP contribution in [0.4, 0.5) is 0 Å². The van der Waals surface area contributed by atoms with E-state index in [4.69, 9.17) is 5.26 Å². The van der Waals surface area contributed by atoms with Crippen molar-refractivity contribution in [3.63, 3.8) is 0 Å². The van der Waals surface area contributed by atoms with Crippen LogP contribution in [0.5, 0.6) is 0 Å². The Bertz CT molecular complexity index is 416. The van der Waals surface area contributed by atoms with E-state index in [1.165, 1.54) is 0 Å². The molecule has 17 heavy (non-hydrogen) atoms. The maximum absolute atomic E-state index is 11.7. The van der Waals surface area contributed by atoms with Gasteiger partial charge in [-0.15, -0.1) is 0 Å². The summed E-state index contributed by atoms with van der Waals surface area (Å²) in [6.45, 7) is 4.24. The number of nitrogens with one attached hydrogen (secondary N) is 1. The number of carbonyl (C=O) groups is 1. The van der Waals surface area contributed by atoms with Gasteiger partial charge in [-0.25, -0.2) is 4.98 Å². The lowest BCUT2D eigenvalue weighted by atomic mass is 9.97. The van der Waals surface area contributed by atoms with Crippen LogP contribution in [0.3, 0.4) is 0 Å². The van der Waals surface area contributed by atoms with Gasteiger partial charge in [0.05, 0.1) is 6.07 Å². The van der Waals surface area contributed by atoms with E-state index in [1.54, 1.807) is 6.20 Å². The van der Waals surface area contributed by atoms with E-state index in [-0.39, 0.29) is 11.8 Å². The number of nitrogens with zero attached hydrogens (tertiary/aromatic N) is 3. The maximum atomic E-state index is 11.7. The molecule has 1 unspecified atom stereocenters. The largest absolute Gasteiger partial charge is 0.355 e. The summed E-state index contributed by atoms with van der Waals surface area (Å²) in [4.78, 5) is 15.8. The first-order chi connectivity index (χ1) is 8.06. The number of nitriles is 1. The summed E-state index contributed by atoms with van der Waals surface area (Å²) >= 11 is 0. The SMILES string of the molecule is CC(C)C(C#N)C(=O)NCCc1nccn1C. The molecule has 0 aliphatic carbocycles. The lowest BCUT2D eigenvalue weighted by Gasteiger charge is -2.12. The van der Waals surface area contributed by atoms with Gasteiger partial charge in [0.2, 0.25) is 5.91 Å². The van der Waals surface area contributed by atoms with Gasteiger partial charge in [0.15, 0.2) is 0 Å². The number of hydrogen-bond acceptors (Lipinski definition) is 3. The van der Waals surface area contributed by atoms with Crippen molar-refractivity contribution in [2.75, 3.05) is 6.54 Å². The number of amides is 1. The summed E-state index contributed by atoms with van der Waals surface area (Å²) < 4.78 is 1.91. The third-order valence-corrected chi connectivity index (χ3v) is 2.66. The Kier molecular flexibility index (Phi) is 4.70. The zero-order chi connectivity index (χ0) is 12.8. The molecule has 1 atom stereocenters. The molecule has 1 amide bonds. The van der Waals surface area contributed by atoms with Crippen LogP contribution in [-0.4, -0.2) is 22.0 Å². The molecule has 1 aromatic heterocycles. The monoisotopic (exact) mass is 234 g/mol. The van der Waals surface area contributed by atoms with Crippen molar-refractivity contribution in [3.8, 4) is 6.07 Å². The molecular formula is C12H18N4O. The minimum absolute atomic E-state index is 0.0353. The zero-order valence-corrected chi connectivity index (χ0v) is 10.5. The molecular weight excluding hydrogens is 216 g/mol. The van der Waals surface area contributed by atoms with Crippen LogP contribution in [0.2, 0.25) is 0 Å². The highest BCUT2D eigenvalue weighted by atomic mass is 16.1. The van der Waals surface area contributed by atoms with Crippen LogP contribution in [0.25, 0.3) is 0 Å². The Labute approximate surface area is 101 Å². The zero-order valence-electron chi connectivity index (χ0n) is 10.5. The van der Waals surface area contributed by atoms with Crippen LogP contribution in [0.15, 0.2) is 12.4 Å². The minimum atomic E-state index is -0.573. The van der Waals surface area contributed by atoms with Crippen molar-refractivity contribution in [2.45, 2.75) is 20.3 Å². The van der Waals surface area contributed by atoms with Crippen LogP contribution in [0.1, 0.15) is 19.7 Å². The number of rotatable bonds is 5. The van der Waals surface area contributed by atoms with Gasteiger partial charge >= 0.3 is 0 Å². The minimum Gasteiger partial charge on any atom is -0.355 e. The first-order valence-corrected chi connectivity index (χ1v) is 5.69. The van der Waals surface area contributed by atoms with Gasteiger partial charge in [0, 0.05) is 32.4 Å². The van der Waals surface area contributed by atoms with E-state index >= 15 is 0 Å². The Morgan fingerprint density at radius 1 is 1.65 bits per heavy atom. The number of hydrogen-bond donors (Lipinski definition) is 1. The number of carbonyl (C=O) groups excluding carboxylic acids is 1. The van der Waals surface area contributed by atoms with Crippen molar-refractivity contribution < 1.29 is 4.79 Å². The van der Waals surface area contributed by atoms with Gasteiger partial charge in [0.1, 0.15) is 11.7 Å². The second-order valence-electron chi connectivity index (χ2n) is 4.35. The van der Waals surface area contributed by atoms with Gasteiger partial charge in [-0.3, -0.25) is 4.79 Å². The van der Waals surface area contributed by atoms with Gasteiger partial charge in [-0.05, 0) is 5.92 Å². The van der Waals surface area contributed by atoms with E-state index in [1.807, 2.05) is 37.7 Å². The number of aromatic nitrogens is 2. The van der Waals surface area contributed by atoms with Gasteiger partial charge in [-0.1, -0.05) is 13.8 Å². The molecule has 0 bridgehead atoms. The summed E-state index contributed by atoms with van der Waals surface area (Å²) in [6, 6.07) is 2.02. The van der Waals surface area contributed by atoms with Gasteiger partial charge < -0.3 is 9.88 Å². The lowest BCUT2D eigenvalue weighted by molar-refractivity contribution is -0.124. The first kappa shape index (κ1) is 13.2. The van der Waals surface area contributed by atoms with Crippen molar-refractivity contribution >= 4 is 5.91 Å². The van der Waals surface area contributed by atoms with Crippen molar-refractivity contribution in [2.24, 2.45) is 18.9 Å². The van der Waals surface area contributed by atoms with E-state index in [9.17, 15) is 4.79 Å². The highest BCUT2D eigenvalue weighted by molar-refractivity contribution is 5.81. The third kappa shape index (κ3) is 3.59. The molecule has 0 saturated carbocycles. The topological polar surface area (TPSA) is 70.7 Å². The molecule has 1 N–H and O–H groups in total. The predicted octanol–water partition coefficient (Wildman–Crippen LogP) is 0.875. The molecule has 92 valence electrons. The normalized spacial score (nSPS) is 12.2. The van der Waals surface area contributed by atoms with Gasteiger partial charge in [-0.2, -0.15) is 5.26 Å². The summed E-state index contributed by atoms with van der Waals surface area (Å²) in [5, 5.41) is 11.6. The highest BCUT2D eigenvalue weighted by Gasteiger charge is 2.20. The fourth-order valence-electron chi connectivity index (χ4n) is 1.56. The molecule has 0 aliphatic heterocycles. The molecule has 1 aromatic rings. The summed E-state index contributed by atoms with van der Waals surface area (Å²) in [5.74, 6) is 0.185. The molecule has 0 saturated heterocycles. The highest BCUT2D eigenvalue weighted by Crippen LogP contribution is 2.09. The summed E-state index contributed by atoms with van der Waals surface area (Å²) in [5.41, 5.74) is 0. The predicted molar refractivity (Wildman–Crippen MR) is 63.9 cm³/mol. The molecule has 0 aliphatic rings. The third-order valence-electron chi connectivity index (χ3n) is 2.66. The molecule has 1 rings (SSSR count). The molecule has 0 aromatic carbocycles. The van der Waals surface area contributed by atoms with Crippen molar-refractivity contribution in [1.29, 1.82) is 5.26 Å². The quantitative estimate of drug-likeness (QED) is 0.822. The average molecular weight is 234 g/mol. The molecule has 0 spiro atoms. The van der Waals surface area contributed by atoms with Crippen LogP contribution in [-0.2, 0) is 18.3 Å². The molecule has 0 radical (unpaired) electrons. The summed E-state index contributed by atoms with van der Waals surface area (Å²) in [6.07, 6.45) is 4.26. The Hall–Kier alpha value is -1.83. The molecule has 5 heteroatoms. The fourth-order valence-corrected chi connectivity index (χ4v) is 1.56. The van der Waals surface area contributed by atoms with E-state index < -0.39 is 5.92 Å². The van der Waals surface area contributed by atoms with Crippen LogP contribution >= 0.6 is 0 Å². The average Bonchev–Trinajstić information content (AvgIpc) is 2.65. The van der Waals surface area contributed by atoms with Gasteiger partial charge in [0.25, 0.3) is 0 Å². The first-order valence-electron chi connectivity index (χ1n) is 5.69. The van der Waals surface area contributed by atoms with Crippen LogP contribution in [0, 0.1) is 23.2 Å². The second-order valence-corrected chi connectivity index (χ2v) is 4.35. The Morgan fingerprint density at radius 3 is 2.82 bits per heavy atom. The Morgan fingerprint density at radius 2 is 2.35 bits per heavy atom. The summed E-state index contributed by atoms with van der Waals surface area (Å²) in [7, 11) is 1.91. The maximum Gasteiger partial charge on any atom is 0.237 e.